The van der Waals surface area contributed by atoms with Gasteiger partial charge in [0, 0.05) is 17.7 Å². The van der Waals surface area contributed by atoms with Crippen molar-refractivity contribution < 1.29 is 64.2 Å². The molecule has 3 heterocycles. The molecule has 1 unspecified atom stereocenters. The first-order valence-corrected chi connectivity index (χ1v) is 12.3. The molecule has 14 nitrogen and oxygen atoms in total. The van der Waals surface area contributed by atoms with Crippen molar-refractivity contribution in [1.82, 2.24) is 0 Å². The SMILES string of the molecule is C[C@H](O)C1O[C@@H](Oc2cc(O)c3c(=O)c(O[C@@H]4O[C@@H](CO)[C@H](O)[C@H]4O)c(-c4ccc(O)cc4)oc3c2)[C@H](O)[C@@H]1O. The number of aromatic hydroxyl groups is 2. The maximum Gasteiger partial charge on any atom is 0.239 e. The fourth-order valence-electron chi connectivity index (χ4n) is 4.62. The van der Waals surface area contributed by atoms with E-state index in [4.69, 9.17) is 23.4 Å². The first-order valence-electron chi connectivity index (χ1n) is 12.3. The zero-order valence-electron chi connectivity index (χ0n) is 20.9. The molecule has 5 rings (SSSR count). The normalized spacial score (nSPS) is 31.0. The second-order valence-corrected chi connectivity index (χ2v) is 9.59. The van der Waals surface area contributed by atoms with E-state index in [1.165, 1.54) is 37.3 Å². The van der Waals surface area contributed by atoms with Crippen molar-refractivity contribution in [3.63, 3.8) is 0 Å². The molecule has 9 atom stereocenters. The molecule has 40 heavy (non-hydrogen) atoms. The van der Waals surface area contributed by atoms with Crippen LogP contribution in [0.25, 0.3) is 22.3 Å². The Morgan fingerprint density at radius 1 is 0.900 bits per heavy atom. The lowest BCUT2D eigenvalue weighted by molar-refractivity contribution is -0.128. The molecule has 0 spiro atoms. The Morgan fingerprint density at radius 3 is 2.15 bits per heavy atom. The molecule has 2 fully saturated rings. The predicted octanol–water partition coefficient (Wildman–Crippen LogP) is -1.10. The summed E-state index contributed by atoms with van der Waals surface area (Å²) in [4.78, 5) is 13.6. The van der Waals surface area contributed by atoms with Gasteiger partial charge in [-0.1, -0.05) is 0 Å². The fourth-order valence-corrected chi connectivity index (χ4v) is 4.62. The van der Waals surface area contributed by atoms with Crippen molar-refractivity contribution in [3.8, 4) is 34.3 Å². The molecule has 0 radical (unpaired) electrons. The minimum Gasteiger partial charge on any atom is -0.508 e. The molecule has 1 aromatic heterocycles. The van der Waals surface area contributed by atoms with Crippen LogP contribution in [0.5, 0.6) is 23.0 Å². The zero-order chi connectivity index (χ0) is 28.9. The lowest BCUT2D eigenvalue weighted by Gasteiger charge is -2.20. The van der Waals surface area contributed by atoms with Crippen molar-refractivity contribution >= 4 is 11.0 Å². The summed E-state index contributed by atoms with van der Waals surface area (Å²) in [6.45, 7) is 0.734. The highest BCUT2D eigenvalue weighted by molar-refractivity contribution is 5.88. The quantitative estimate of drug-likeness (QED) is 0.170. The van der Waals surface area contributed by atoms with Crippen molar-refractivity contribution in [3.05, 3.63) is 46.6 Å². The minimum absolute atomic E-state index is 0.0843. The topological polar surface area (TPSA) is 229 Å². The summed E-state index contributed by atoms with van der Waals surface area (Å²) < 4.78 is 27.9. The number of hydrogen-bond acceptors (Lipinski definition) is 14. The number of benzene rings is 2. The van der Waals surface area contributed by atoms with Gasteiger partial charge in [0.05, 0.1) is 12.7 Å². The molecule has 0 amide bonds. The second kappa shape index (κ2) is 10.8. The predicted molar refractivity (Wildman–Crippen MR) is 133 cm³/mol. The number of aliphatic hydroxyl groups is 6. The second-order valence-electron chi connectivity index (χ2n) is 9.59. The standard InChI is InChI=1S/C26H28O14/c1-9(28)22-19(33)21(35)25(39-22)36-12-6-13(30)16-14(7-12)37-23(10-2-4-11(29)5-3-10)24(18(16)32)40-26-20(34)17(31)15(8-27)38-26/h2-7,9,15,17,19-22,25-31,33-35H,8H2,1H3/t9-,15-,17-,19-,20+,21+,22?,25+,26-/m0/s1. The van der Waals surface area contributed by atoms with Gasteiger partial charge in [-0.15, -0.1) is 0 Å². The molecule has 2 aliphatic rings. The van der Waals surface area contributed by atoms with E-state index in [0.717, 1.165) is 6.07 Å². The smallest absolute Gasteiger partial charge is 0.239 e. The molecule has 0 saturated carbocycles. The Morgan fingerprint density at radius 2 is 1.55 bits per heavy atom. The molecule has 14 heteroatoms. The number of ether oxygens (including phenoxy) is 4. The summed E-state index contributed by atoms with van der Waals surface area (Å²) in [7, 11) is 0. The van der Waals surface area contributed by atoms with Gasteiger partial charge in [0.15, 0.2) is 5.76 Å². The summed E-state index contributed by atoms with van der Waals surface area (Å²) in [5.41, 5.74) is -0.855. The van der Waals surface area contributed by atoms with Crippen molar-refractivity contribution in [2.75, 3.05) is 6.61 Å². The molecular formula is C26H28O14. The van der Waals surface area contributed by atoms with Crippen LogP contribution in [0, 0.1) is 0 Å². The van der Waals surface area contributed by atoms with Crippen molar-refractivity contribution in [2.45, 2.75) is 62.2 Å². The number of phenolic OH excluding ortho intramolecular Hbond substituents is 2. The van der Waals surface area contributed by atoms with Crippen LogP contribution < -0.4 is 14.9 Å². The van der Waals surface area contributed by atoms with Crippen LogP contribution in [0.2, 0.25) is 0 Å². The molecule has 0 aliphatic carbocycles. The maximum absolute atomic E-state index is 13.6. The van der Waals surface area contributed by atoms with E-state index in [1.807, 2.05) is 0 Å². The molecule has 2 aliphatic heterocycles. The lowest BCUT2D eigenvalue weighted by Crippen LogP contribution is -2.38. The van der Waals surface area contributed by atoms with Gasteiger partial charge in [-0.25, -0.2) is 0 Å². The van der Waals surface area contributed by atoms with Crippen LogP contribution in [-0.2, 0) is 9.47 Å². The van der Waals surface area contributed by atoms with E-state index in [9.17, 15) is 45.6 Å². The third-order valence-corrected chi connectivity index (χ3v) is 6.75. The van der Waals surface area contributed by atoms with Gasteiger partial charge in [0.2, 0.25) is 23.8 Å². The van der Waals surface area contributed by atoms with E-state index < -0.39 is 78.8 Å². The van der Waals surface area contributed by atoms with E-state index >= 15 is 0 Å². The Labute approximate surface area is 225 Å². The Kier molecular flexibility index (Phi) is 7.60. The molecule has 3 aromatic rings. The number of aliphatic hydroxyl groups excluding tert-OH is 6. The first-order chi connectivity index (χ1) is 19.0. The van der Waals surface area contributed by atoms with E-state index in [0.29, 0.717) is 0 Å². The van der Waals surface area contributed by atoms with E-state index in [1.54, 1.807) is 0 Å². The van der Waals surface area contributed by atoms with Crippen LogP contribution in [0.3, 0.4) is 0 Å². The summed E-state index contributed by atoms with van der Waals surface area (Å²) in [6, 6.07) is 7.70. The first kappa shape index (κ1) is 28.1. The number of rotatable bonds is 7. The highest BCUT2D eigenvalue weighted by Gasteiger charge is 2.47. The van der Waals surface area contributed by atoms with Gasteiger partial charge in [0.25, 0.3) is 0 Å². The average Bonchev–Trinajstić information content (AvgIpc) is 3.35. The fraction of sp³-hybridized carbons (Fsp3) is 0.423. The highest BCUT2D eigenvalue weighted by atomic mass is 16.7. The summed E-state index contributed by atoms with van der Waals surface area (Å²) in [5, 5.41) is 80.1. The minimum atomic E-state index is -1.64. The Hall–Kier alpha value is -3.47. The molecule has 216 valence electrons. The van der Waals surface area contributed by atoms with E-state index in [-0.39, 0.29) is 33.8 Å². The monoisotopic (exact) mass is 564 g/mol. The molecule has 0 bridgehead atoms. The van der Waals surface area contributed by atoms with Gasteiger partial charge < -0.3 is 64.2 Å². The highest BCUT2D eigenvalue weighted by Crippen LogP contribution is 2.38. The van der Waals surface area contributed by atoms with Gasteiger partial charge >= 0.3 is 0 Å². The van der Waals surface area contributed by atoms with Crippen LogP contribution in [-0.4, -0.2) is 103 Å². The van der Waals surface area contributed by atoms with Gasteiger partial charge in [0.1, 0.15) is 64.8 Å². The molecule has 8 N–H and O–H groups in total. The number of phenols is 2. The summed E-state index contributed by atoms with van der Waals surface area (Å²) in [6.07, 6.45) is -12.6. The van der Waals surface area contributed by atoms with Crippen LogP contribution in [0.1, 0.15) is 6.92 Å². The third-order valence-electron chi connectivity index (χ3n) is 6.75. The van der Waals surface area contributed by atoms with Crippen molar-refractivity contribution in [2.24, 2.45) is 0 Å². The zero-order valence-corrected chi connectivity index (χ0v) is 20.9. The lowest BCUT2D eigenvalue weighted by atomic mass is 10.1. The molecular weight excluding hydrogens is 536 g/mol. The summed E-state index contributed by atoms with van der Waals surface area (Å²) in [5.74, 6) is -1.53. The van der Waals surface area contributed by atoms with Gasteiger partial charge in [-0.3, -0.25) is 4.79 Å². The van der Waals surface area contributed by atoms with Crippen molar-refractivity contribution in [1.29, 1.82) is 0 Å². The van der Waals surface area contributed by atoms with Crippen LogP contribution in [0.4, 0.5) is 0 Å². The van der Waals surface area contributed by atoms with Gasteiger partial charge in [-0.05, 0) is 31.2 Å². The Balaban J connectivity index is 1.57. The van der Waals surface area contributed by atoms with Crippen LogP contribution >= 0.6 is 0 Å². The van der Waals surface area contributed by atoms with Gasteiger partial charge in [-0.2, -0.15) is 0 Å². The Bertz CT molecular complexity index is 1420. The number of fused-ring (bicyclic) bond motifs is 1. The van der Waals surface area contributed by atoms with E-state index in [2.05, 4.69) is 0 Å². The average molecular weight is 564 g/mol. The third kappa shape index (κ3) is 4.95. The van der Waals surface area contributed by atoms with Crippen LogP contribution in [0.15, 0.2) is 45.6 Å². The molecule has 2 saturated heterocycles. The maximum atomic E-state index is 13.6. The largest absolute Gasteiger partial charge is 0.508 e. The summed E-state index contributed by atoms with van der Waals surface area (Å²) >= 11 is 0. The number of hydrogen-bond donors (Lipinski definition) is 8. The molecule has 2 aromatic carbocycles.